The van der Waals surface area contributed by atoms with Crippen LogP contribution < -0.4 is 10.6 Å². The van der Waals surface area contributed by atoms with Gasteiger partial charge in [0.2, 0.25) is 0 Å². The van der Waals surface area contributed by atoms with Crippen LogP contribution in [0.2, 0.25) is 0 Å². The van der Waals surface area contributed by atoms with Crippen molar-refractivity contribution in [3.63, 3.8) is 0 Å². The van der Waals surface area contributed by atoms with E-state index in [1.54, 1.807) is 24.3 Å². The van der Waals surface area contributed by atoms with E-state index in [9.17, 15) is 13.2 Å². The fourth-order valence-corrected chi connectivity index (χ4v) is 5.19. The van der Waals surface area contributed by atoms with Gasteiger partial charge < -0.3 is 15.5 Å². The van der Waals surface area contributed by atoms with E-state index in [1.807, 2.05) is 44.4 Å². The summed E-state index contributed by atoms with van der Waals surface area (Å²) in [5, 5.41) is 8.58. The van der Waals surface area contributed by atoms with Crippen LogP contribution in [0.3, 0.4) is 0 Å². The maximum atomic E-state index is 14.4. The Bertz CT molecular complexity index is 1060. The van der Waals surface area contributed by atoms with Crippen molar-refractivity contribution in [2.24, 2.45) is 0 Å². The summed E-state index contributed by atoms with van der Waals surface area (Å²) in [6, 6.07) is 14.7. The van der Waals surface area contributed by atoms with Crippen LogP contribution in [0.1, 0.15) is 37.3 Å². The molecule has 0 unspecified atom stereocenters. The number of thiocarbonyl (C=S) groups is 1. The van der Waals surface area contributed by atoms with Gasteiger partial charge >= 0.3 is 6.18 Å². The van der Waals surface area contributed by atoms with Gasteiger partial charge in [-0.25, -0.2) is 0 Å². The molecular formula is C25H28F3N3S. The molecule has 0 amide bonds. The Morgan fingerprint density at radius 2 is 1.53 bits per heavy atom. The number of likely N-dealkylation sites (N-methyl/N-ethyl adjacent to an activating group) is 1. The van der Waals surface area contributed by atoms with Gasteiger partial charge in [0.05, 0.1) is 0 Å². The first-order chi connectivity index (χ1) is 15.3. The molecule has 3 aromatic carbocycles. The van der Waals surface area contributed by atoms with Crippen molar-refractivity contribution in [1.29, 1.82) is 0 Å². The van der Waals surface area contributed by atoms with Gasteiger partial charge in [0.15, 0.2) is 11.2 Å². The normalized spacial score (nSPS) is 20.4. The van der Waals surface area contributed by atoms with Gasteiger partial charge in [-0.3, -0.25) is 0 Å². The molecule has 0 bridgehead atoms. The summed E-state index contributed by atoms with van der Waals surface area (Å²) in [5.41, 5.74) is 0.211. The van der Waals surface area contributed by atoms with Crippen LogP contribution in [-0.2, 0) is 0 Å². The Hall–Kier alpha value is -2.38. The van der Waals surface area contributed by atoms with E-state index < -0.39 is 12.2 Å². The maximum Gasteiger partial charge on any atom is 0.412 e. The zero-order chi connectivity index (χ0) is 22.9. The second-order valence-electron chi connectivity index (χ2n) is 8.75. The summed E-state index contributed by atoms with van der Waals surface area (Å²) >= 11 is 5.42. The molecule has 0 heterocycles. The van der Waals surface area contributed by atoms with Gasteiger partial charge in [0.25, 0.3) is 0 Å². The molecule has 3 atom stereocenters. The van der Waals surface area contributed by atoms with Crippen LogP contribution in [0.25, 0.3) is 21.5 Å². The van der Waals surface area contributed by atoms with E-state index in [-0.39, 0.29) is 22.8 Å². The van der Waals surface area contributed by atoms with Gasteiger partial charge in [-0.2, -0.15) is 13.2 Å². The van der Waals surface area contributed by atoms with E-state index in [0.717, 1.165) is 36.5 Å². The van der Waals surface area contributed by atoms with Crippen LogP contribution in [0.4, 0.5) is 13.2 Å². The molecule has 7 heteroatoms. The largest absolute Gasteiger partial charge is 0.412 e. The summed E-state index contributed by atoms with van der Waals surface area (Å²) < 4.78 is 43.3. The Kier molecular flexibility index (Phi) is 6.58. The van der Waals surface area contributed by atoms with Crippen molar-refractivity contribution in [3.8, 4) is 0 Å². The first kappa shape index (κ1) is 22.8. The van der Waals surface area contributed by atoms with Crippen LogP contribution >= 0.6 is 12.2 Å². The highest BCUT2D eigenvalue weighted by molar-refractivity contribution is 7.80. The standard InChI is InChI=1S/C25H28F3N3S/c1-31(2)21-14-8-7-13-20(21)29-24(32)30-23(25(26,27)28)22-18-11-5-3-9-16(18)15-17-10-4-6-12-19(17)22/h3-6,9-12,15,20-21,23H,7-8,13-14H2,1-2H3,(H2,29,30,32)/t20-,21-,23+/m0/s1. The van der Waals surface area contributed by atoms with Crippen molar-refractivity contribution in [2.75, 3.05) is 14.1 Å². The molecule has 1 aliphatic rings. The second-order valence-corrected chi connectivity index (χ2v) is 9.16. The SMILES string of the molecule is CN(C)[C@H]1CCCC[C@@H]1NC(=S)N[C@H](c1c2ccccc2cc2ccccc12)C(F)(F)F. The van der Waals surface area contributed by atoms with Crippen molar-refractivity contribution in [1.82, 2.24) is 15.5 Å². The van der Waals surface area contributed by atoms with Crippen LogP contribution in [0.5, 0.6) is 0 Å². The maximum absolute atomic E-state index is 14.4. The monoisotopic (exact) mass is 459 g/mol. The summed E-state index contributed by atoms with van der Waals surface area (Å²) in [7, 11) is 4.00. The lowest BCUT2D eigenvalue weighted by Crippen LogP contribution is -2.54. The molecule has 0 radical (unpaired) electrons. The number of alkyl halides is 3. The summed E-state index contributed by atoms with van der Waals surface area (Å²) in [4.78, 5) is 2.12. The smallest absolute Gasteiger partial charge is 0.358 e. The topological polar surface area (TPSA) is 27.3 Å². The summed E-state index contributed by atoms with van der Waals surface area (Å²) in [5.74, 6) is 0. The summed E-state index contributed by atoms with van der Waals surface area (Å²) in [6.45, 7) is 0. The lowest BCUT2D eigenvalue weighted by molar-refractivity contribution is -0.153. The molecule has 170 valence electrons. The van der Waals surface area contributed by atoms with E-state index in [0.29, 0.717) is 10.8 Å². The minimum atomic E-state index is -4.52. The summed E-state index contributed by atoms with van der Waals surface area (Å²) in [6.07, 6.45) is -0.468. The third kappa shape index (κ3) is 4.69. The van der Waals surface area contributed by atoms with E-state index in [1.165, 1.54) is 0 Å². The van der Waals surface area contributed by atoms with Gasteiger partial charge in [0, 0.05) is 12.1 Å². The number of halogens is 3. The average Bonchev–Trinajstić information content (AvgIpc) is 2.75. The first-order valence-electron chi connectivity index (χ1n) is 11.0. The number of nitrogens with zero attached hydrogens (tertiary/aromatic N) is 1. The molecule has 1 fully saturated rings. The quantitative estimate of drug-likeness (QED) is 0.373. The molecule has 0 aromatic heterocycles. The molecule has 1 saturated carbocycles. The third-order valence-corrected chi connectivity index (χ3v) is 6.65. The number of benzene rings is 3. The highest BCUT2D eigenvalue weighted by Gasteiger charge is 2.43. The Labute approximate surface area is 192 Å². The van der Waals surface area contributed by atoms with Gasteiger partial charge in [-0.1, -0.05) is 61.4 Å². The number of nitrogens with one attached hydrogen (secondary N) is 2. The molecule has 1 aliphatic carbocycles. The number of hydrogen-bond acceptors (Lipinski definition) is 2. The lowest BCUT2D eigenvalue weighted by atomic mass is 9.89. The fourth-order valence-electron chi connectivity index (χ4n) is 4.92. The molecule has 0 spiro atoms. The molecule has 2 N–H and O–H groups in total. The van der Waals surface area contributed by atoms with Crippen molar-refractivity contribution < 1.29 is 13.2 Å². The fraction of sp³-hybridized carbons (Fsp3) is 0.400. The van der Waals surface area contributed by atoms with E-state index >= 15 is 0 Å². The second kappa shape index (κ2) is 9.24. The highest BCUT2D eigenvalue weighted by atomic mass is 32.1. The number of rotatable bonds is 4. The van der Waals surface area contributed by atoms with Crippen molar-refractivity contribution in [3.05, 3.63) is 60.2 Å². The van der Waals surface area contributed by atoms with E-state index in [2.05, 4.69) is 15.5 Å². The first-order valence-corrected chi connectivity index (χ1v) is 11.4. The van der Waals surface area contributed by atoms with Gasteiger partial charge in [-0.05, 0) is 72.3 Å². The average molecular weight is 460 g/mol. The highest BCUT2D eigenvalue weighted by Crippen LogP contribution is 2.40. The third-order valence-electron chi connectivity index (χ3n) is 6.41. The molecular weight excluding hydrogens is 431 g/mol. The van der Waals surface area contributed by atoms with Crippen LogP contribution in [0.15, 0.2) is 54.6 Å². The zero-order valence-corrected chi connectivity index (χ0v) is 19.1. The predicted octanol–water partition coefficient (Wildman–Crippen LogP) is 5.93. The molecule has 32 heavy (non-hydrogen) atoms. The molecule has 0 aliphatic heterocycles. The lowest BCUT2D eigenvalue weighted by Gasteiger charge is -2.37. The van der Waals surface area contributed by atoms with Crippen molar-refractivity contribution >= 4 is 38.9 Å². The molecule has 4 rings (SSSR count). The van der Waals surface area contributed by atoms with E-state index in [4.69, 9.17) is 12.2 Å². The Morgan fingerprint density at radius 1 is 0.969 bits per heavy atom. The molecule has 0 saturated heterocycles. The number of fused-ring (bicyclic) bond motifs is 2. The Balaban J connectivity index is 1.72. The van der Waals surface area contributed by atoms with Gasteiger partial charge in [-0.15, -0.1) is 0 Å². The molecule has 3 aromatic rings. The Morgan fingerprint density at radius 3 is 2.09 bits per heavy atom. The van der Waals surface area contributed by atoms with Gasteiger partial charge in [0.1, 0.15) is 0 Å². The minimum Gasteiger partial charge on any atom is -0.358 e. The molecule has 3 nitrogen and oxygen atoms in total. The van der Waals surface area contributed by atoms with Crippen LogP contribution in [0, 0.1) is 0 Å². The minimum absolute atomic E-state index is 0.0249. The predicted molar refractivity (Wildman–Crippen MR) is 129 cm³/mol. The number of hydrogen-bond donors (Lipinski definition) is 2. The van der Waals surface area contributed by atoms with Crippen LogP contribution in [-0.4, -0.2) is 42.4 Å². The zero-order valence-electron chi connectivity index (χ0n) is 18.2. The van der Waals surface area contributed by atoms with Crippen molar-refractivity contribution in [2.45, 2.75) is 50.0 Å².